The molecule has 0 radical (unpaired) electrons. The van der Waals surface area contributed by atoms with Gasteiger partial charge in [0.15, 0.2) is 5.75 Å². The Morgan fingerprint density at radius 3 is 2.76 bits per heavy atom. The predicted octanol–water partition coefficient (Wildman–Crippen LogP) is 2.47. The summed E-state index contributed by atoms with van der Waals surface area (Å²) in [6, 6.07) is 4.29. The first-order valence-electron chi connectivity index (χ1n) is 6.13. The average Bonchev–Trinajstić information content (AvgIpc) is 2.69. The van der Waals surface area contributed by atoms with Crippen molar-refractivity contribution in [3.8, 4) is 5.75 Å². The number of aliphatic hydroxyl groups excluding tert-OH is 1. The number of nitro groups is 1. The van der Waals surface area contributed by atoms with Gasteiger partial charge in [-0.2, -0.15) is 5.10 Å². The van der Waals surface area contributed by atoms with Crippen LogP contribution in [0, 0.1) is 17.0 Å². The summed E-state index contributed by atoms with van der Waals surface area (Å²) in [5, 5.41) is 24.4. The number of ether oxygens (including phenoxy) is 1. The standard InChI is InChI=1S/C13H14BrN3O4/c1-8-13(14)11(16(2)15-8)7-21-12-5-9(6-18)3-4-10(12)17(19)20/h3-5,18H,6-7H2,1-2H3. The Morgan fingerprint density at radius 1 is 1.52 bits per heavy atom. The number of aromatic nitrogens is 2. The van der Waals surface area contributed by atoms with Crippen LogP contribution in [0.25, 0.3) is 0 Å². The molecule has 112 valence electrons. The molecular weight excluding hydrogens is 342 g/mol. The predicted molar refractivity (Wildman–Crippen MR) is 79.0 cm³/mol. The van der Waals surface area contributed by atoms with Gasteiger partial charge in [-0.25, -0.2) is 0 Å². The van der Waals surface area contributed by atoms with Gasteiger partial charge in [0, 0.05) is 13.1 Å². The average molecular weight is 356 g/mol. The number of aryl methyl sites for hydroxylation is 2. The third-order valence-corrected chi connectivity index (χ3v) is 4.06. The van der Waals surface area contributed by atoms with Crippen LogP contribution < -0.4 is 4.74 Å². The first-order valence-corrected chi connectivity index (χ1v) is 6.92. The van der Waals surface area contributed by atoms with Crippen LogP contribution in [0.3, 0.4) is 0 Å². The second-order valence-corrected chi connectivity index (χ2v) is 5.27. The third kappa shape index (κ3) is 3.22. The monoisotopic (exact) mass is 355 g/mol. The molecule has 0 aliphatic heterocycles. The minimum Gasteiger partial charge on any atom is -0.480 e. The van der Waals surface area contributed by atoms with Crippen molar-refractivity contribution in [2.75, 3.05) is 0 Å². The Balaban J connectivity index is 2.28. The van der Waals surface area contributed by atoms with Crippen molar-refractivity contribution in [3.63, 3.8) is 0 Å². The fourth-order valence-corrected chi connectivity index (χ4v) is 2.36. The number of hydrogen-bond donors (Lipinski definition) is 1. The van der Waals surface area contributed by atoms with Crippen LogP contribution in [0.4, 0.5) is 5.69 Å². The lowest BCUT2D eigenvalue weighted by Gasteiger charge is -2.09. The van der Waals surface area contributed by atoms with Crippen molar-refractivity contribution in [3.05, 3.63) is 49.7 Å². The van der Waals surface area contributed by atoms with E-state index >= 15 is 0 Å². The van der Waals surface area contributed by atoms with Crippen molar-refractivity contribution >= 4 is 21.6 Å². The Labute approximate surface area is 129 Å². The molecule has 0 fully saturated rings. The van der Waals surface area contributed by atoms with E-state index in [1.54, 1.807) is 11.7 Å². The molecule has 7 nitrogen and oxygen atoms in total. The first kappa shape index (κ1) is 15.5. The highest BCUT2D eigenvalue weighted by molar-refractivity contribution is 9.10. The molecule has 0 aliphatic carbocycles. The number of nitrogens with zero attached hydrogens (tertiary/aromatic N) is 3. The summed E-state index contributed by atoms with van der Waals surface area (Å²) < 4.78 is 8.02. The molecule has 1 heterocycles. The topological polar surface area (TPSA) is 90.4 Å². The van der Waals surface area contributed by atoms with Gasteiger partial charge in [0.2, 0.25) is 0 Å². The van der Waals surface area contributed by atoms with E-state index in [0.29, 0.717) is 5.56 Å². The molecule has 1 aromatic heterocycles. The summed E-state index contributed by atoms with van der Waals surface area (Å²) in [7, 11) is 1.77. The van der Waals surface area contributed by atoms with Crippen LogP contribution in [0.1, 0.15) is 17.0 Å². The second-order valence-electron chi connectivity index (χ2n) is 4.48. The summed E-state index contributed by atoms with van der Waals surface area (Å²) in [5.74, 6) is 0.123. The number of benzene rings is 1. The molecule has 2 rings (SSSR count). The minimum absolute atomic E-state index is 0.123. The lowest BCUT2D eigenvalue weighted by atomic mass is 10.2. The zero-order chi connectivity index (χ0) is 15.6. The molecular formula is C13H14BrN3O4. The summed E-state index contributed by atoms with van der Waals surface area (Å²) in [6.07, 6.45) is 0. The Kier molecular flexibility index (Phi) is 4.59. The van der Waals surface area contributed by atoms with Gasteiger partial charge in [-0.05, 0) is 40.5 Å². The smallest absolute Gasteiger partial charge is 0.310 e. The van der Waals surface area contributed by atoms with E-state index in [4.69, 9.17) is 9.84 Å². The van der Waals surface area contributed by atoms with Gasteiger partial charge < -0.3 is 9.84 Å². The Hall–Kier alpha value is -1.93. The van der Waals surface area contributed by atoms with Crippen molar-refractivity contribution < 1.29 is 14.8 Å². The fourth-order valence-electron chi connectivity index (χ4n) is 1.91. The van der Waals surface area contributed by atoms with Crippen LogP contribution in [0.5, 0.6) is 5.75 Å². The van der Waals surface area contributed by atoms with E-state index < -0.39 is 4.92 Å². The first-order chi connectivity index (χ1) is 9.93. The van der Waals surface area contributed by atoms with E-state index in [1.807, 2.05) is 6.92 Å². The lowest BCUT2D eigenvalue weighted by Crippen LogP contribution is -2.05. The van der Waals surface area contributed by atoms with Gasteiger partial charge in [0.05, 0.1) is 27.4 Å². The molecule has 2 aromatic rings. The molecule has 0 saturated heterocycles. The second kappa shape index (κ2) is 6.23. The minimum atomic E-state index is -0.514. The fraction of sp³-hybridized carbons (Fsp3) is 0.308. The van der Waals surface area contributed by atoms with Crippen LogP contribution in [0.2, 0.25) is 0 Å². The number of halogens is 1. The van der Waals surface area contributed by atoms with E-state index in [2.05, 4.69) is 21.0 Å². The summed E-state index contributed by atoms with van der Waals surface area (Å²) in [5.41, 5.74) is 2.00. The van der Waals surface area contributed by atoms with Gasteiger partial charge in [-0.15, -0.1) is 0 Å². The number of hydrogen-bond acceptors (Lipinski definition) is 5. The quantitative estimate of drug-likeness (QED) is 0.657. The van der Waals surface area contributed by atoms with Crippen LogP contribution in [0.15, 0.2) is 22.7 Å². The zero-order valence-electron chi connectivity index (χ0n) is 11.5. The number of aliphatic hydroxyl groups is 1. The number of nitro benzene ring substituents is 1. The highest BCUT2D eigenvalue weighted by atomic mass is 79.9. The molecule has 1 aromatic carbocycles. The van der Waals surface area contributed by atoms with Crippen molar-refractivity contribution in [1.82, 2.24) is 9.78 Å². The maximum absolute atomic E-state index is 11.0. The third-order valence-electron chi connectivity index (χ3n) is 3.03. The molecule has 8 heteroatoms. The Morgan fingerprint density at radius 2 is 2.24 bits per heavy atom. The van der Waals surface area contributed by atoms with Crippen molar-refractivity contribution in [1.29, 1.82) is 0 Å². The molecule has 0 aliphatic rings. The number of rotatable bonds is 5. The molecule has 0 unspecified atom stereocenters. The molecule has 0 amide bonds. The van der Waals surface area contributed by atoms with E-state index in [0.717, 1.165) is 15.9 Å². The summed E-state index contributed by atoms with van der Waals surface area (Å²) >= 11 is 3.41. The van der Waals surface area contributed by atoms with Gasteiger partial charge in [-0.1, -0.05) is 0 Å². The summed E-state index contributed by atoms with van der Waals surface area (Å²) in [6.45, 7) is 1.78. The van der Waals surface area contributed by atoms with E-state index in [-0.39, 0.29) is 24.7 Å². The van der Waals surface area contributed by atoms with Crippen molar-refractivity contribution in [2.45, 2.75) is 20.1 Å². The van der Waals surface area contributed by atoms with Crippen LogP contribution in [-0.4, -0.2) is 19.8 Å². The maximum atomic E-state index is 11.0. The van der Waals surface area contributed by atoms with Crippen LogP contribution >= 0.6 is 15.9 Å². The highest BCUT2D eigenvalue weighted by Crippen LogP contribution is 2.30. The lowest BCUT2D eigenvalue weighted by molar-refractivity contribution is -0.386. The zero-order valence-corrected chi connectivity index (χ0v) is 13.1. The molecule has 0 atom stereocenters. The molecule has 21 heavy (non-hydrogen) atoms. The molecule has 0 spiro atoms. The van der Waals surface area contributed by atoms with E-state index in [1.165, 1.54) is 18.2 Å². The Bertz CT molecular complexity index is 684. The van der Waals surface area contributed by atoms with Gasteiger partial charge in [0.25, 0.3) is 0 Å². The largest absolute Gasteiger partial charge is 0.480 e. The summed E-state index contributed by atoms with van der Waals surface area (Å²) in [4.78, 5) is 10.5. The van der Waals surface area contributed by atoms with Crippen molar-refractivity contribution in [2.24, 2.45) is 7.05 Å². The molecule has 1 N–H and O–H groups in total. The SMILES string of the molecule is Cc1nn(C)c(COc2cc(CO)ccc2[N+](=O)[O-])c1Br. The normalized spacial score (nSPS) is 10.7. The molecule has 0 saturated carbocycles. The van der Waals surface area contributed by atoms with Gasteiger partial charge >= 0.3 is 5.69 Å². The maximum Gasteiger partial charge on any atom is 0.310 e. The molecule has 0 bridgehead atoms. The van der Waals surface area contributed by atoms with Gasteiger partial charge in [0.1, 0.15) is 6.61 Å². The highest BCUT2D eigenvalue weighted by Gasteiger charge is 2.18. The van der Waals surface area contributed by atoms with Crippen LogP contribution in [-0.2, 0) is 20.3 Å². The van der Waals surface area contributed by atoms with E-state index in [9.17, 15) is 10.1 Å². The van der Waals surface area contributed by atoms with Gasteiger partial charge in [-0.3, -0.25) is 14.8 Å².